The van der Waals surface area contributed by atoms with Gasteiger partial charge < -0.3 is 14.0 Å². The van der Waals surface area contributed by atoms with Crippen molar-refractivity contribution in [1.29, 1.82) is 0 Å². The first-order chi connectivity index (χ1) is 23.7. The lowest BCUT2D eigenvalue weighted by Gasteiger charge is -2.13. The van der Waals surface area contributed by atoms with Gasteiger partial charge >= 0.3 is 6.09 Å². The van der Waals surface area contributed by atoms with Crippen molar-refractivity contribution in [3.05, 3.63) is 119 Å². The number of pyridine rings is 1. The lowest BCUT2D eigenvalue weighted by atomic mass is 10.0. The molecule has 1 aliphatic carbocycles. The average molecular weight is 681 g/mol. The second kappa shape index (κ2) is 14.9. The summed E-state index contributed by atoms with van der Waals surface area (Å²) < 4.78 is 41.6. The molecular formula is C38H40N4O6S. The number of carbonyl (C=O) groups excluding carboxylic acids is 2. The first-order valence-corrected chi connectivity index (χ1v) is 18.0. The van der Waals surface area contributed by atoms with Gasteiger partial charge in [0, 0.05) is 53.2 Å². The van der Waals surface area contributed by atoms with Gasteiger partial charge in [-0.1, -0.05) is 30.3 Å². The Hall–Kier alpha value is -5.16. The molecule has 49 heavy (non-hydrogen) atoms. The van der Waals surface area contributed by atoms with Crippen LogP contribution in [0.1, 0.15) is 64.8 Å². The topological polar surface area (TPSA) is 129 Å². The fourth-order valence-corrected chi connectivity index (χ4v) is 7.61. The maximum atomic E-state index is 13.1. The summed E-state index contributed by atoms with van der Waals surface area (Å²) in [6.45, 7) is 2.44. The molecule has 11 heteroatoms. The summed E-state index contributed by atoms with van der Waals surface area (Å²) in [4.78, 5) is 30.3. The summed E-state index contributed by atoms with van der Waals surface area (Å²) in [7, 11) is -2.55. The van der Waals surface area contributed by atoms with Gasteiger partial charge in [0.2, 0.25) is 0 Å². The molecule has 254 valence electrons. The third kappa shape index (κ3) is 8.11. The maximum Gasteiger partial charge on any atom is 0.411 e. The van der Waals surface area contributed by atoms with Crippen LogP contribution in [0, 0.1) is 6.92 Å². The molecule has 0 aliphatic heterocycles. The highest BCUT2D eigenvalue weighted by Crippen LogP contribution is 2.31. The van der Waals surface area contributed by atoms with Crippen molar-refractivity contribution in [2.75, 3.05) is 12.4 Å². The van der Waals surface area contributed by atoms with Crippen molar-refractivity contribution in [2.45, 2.75) is 69.4 Å². The molecule has 0 saturated heterocycles. The van der Waals surface area contributed by atoms with Gasteiger partial charge in [0.1, 0.15) is 11.9 Å². The van der Waals surface area contributed by atoms with Crippen molar-refractivity contribution in [3.63, 3.8) is 0 Å². The molecule has 1 fully saturated rings. The van der Waals surface area contributed by atoms with Crippen LogP contribution >= 0.6 is 0 Å². The van der Waals surface area contributed by atoms with E-state index in [-0.39, 0.29) is 16.6 Å². The van der Waals surface area contributed by atoms with E-state index < -0.39 is 22.0 Å². The number of rotatable bonds is 12. The Balaban J connectivity index is 1.25. The van der Waals surface area contributed by atoms with Gasteiger partial charge in [-0.15, -0.1) is 0 Å². The van der Waals surface area contributed by atoms with Gasteiger partial charge in [0.05, 0.1) is 12.0 Å². The van der Waals surface area contributed by atoms with Crippen molar-refractivity contribution in [3.8, 4) is 5.75 Å². The number of benzene rings is 3. The molecule has 0 atom stereocenters. The number of carbonyl (C=O) groups is 2. The fraction of sp³-hybridized carbons (Fsp3) is 0.289. The second-order valence-corrected chi connectivity index (χ2v) is 14.0. The van der Waals surface area contributed by atoms with Crippen LogP contribution in [0.15, 0.2) is 96.2 Å². The van der Waals surface area contributed by atoms with Crippen LogP contribution in [-0.2, 0) is 34.1 Å². The molecule has 0 spiro atoms. The van der Waals surface area contributed by atoms with Gasteiger partial charge in [-0.25, -0.2) is 17.9 Å². The summed E-state index contributed by atoms with van der Waals surface area (Å²) in [5, 5.41) is 3.87. The molecule has 2 N–H and O–H groups in total. The van der Waals surface area contributed by atoms with E-state index in [4.69, 9.17) is 9.47 Å². The number of anilines is 1. The summed E-state index contributed by atoms with van der Waals surface area (Å²) in [5.74, 6) is -0.302. The summed E-state index contributed by atoms with van der Waals surface area (Å²) in [5.41, 5.74) is 5.19. The van der Waals surface area contributed by atoms with E-state index in [1.165, 1.54) is 13.2 Å². The first-order valence-electron chi connectivity index (χ1n) is 16.5. The van der Waals surface area contributed by atoms with E-state index in [9.17, 15) is 18.0 Å². The Morgan fingerprint density at radius 2 is 1.76 bits per heavy atom. The molecule has 5 aromatic rings. The number of ether oxygens (including phenoxy) is 2. The summed E-state index contributed by atoms with van der Waals surface area (Å²) >= 11 is 0. The number of hydrogen-bond acceptors (Lipinski definition) is 7. The molecule has 6 rings (SSSR count). The van der Waals surface area contributed by atoms with E-state index in [0.29, 0.717) is 23.4 Å². The second-order valence-electron chi connectivity index (χ2n) is 12.3. The Bertz CT molecular complexity index is 2070. The zero-order valence-electron chi connectivity index (χ0n) is 27.6. The van der Waals surface area contributed by atoms with Crippen molar-refractivity contribution in [2.24, 2.45) is 0 Å². The number of methoxy groups -OCH3 is 1. The number of aromatic nitrogens is 2. The van der Waals surface area contributed by atoms with Crippen LogP contribution in [0.25, 0.3) is 10.9 Å². The van der Waals surface area contributed by atoms with Gasteiger partial charge in [0.25, 0.3) is 15.9 Å². The number of fused-ring (bicyclic) bond motifs is 1. The van der Waals surface area contributed by atoms with E-state index >= 15 is 0 Å². The third-order valence-corrected chi connectivity index (χ3v) is 10.4. The van der Waals surface area contributed by atoms with Crippen LogP contribution in [0.4, 0.5) is 10.5 Å². The highest BCUT2D eigenvalue weighted by molar-refractivity contribution is 7.90. The summed E-state index contributed by atoms with van der Waals surface area (Å²) in [6, 6.07) is 23.2. The minimum Gasteiger partial charge on any atom is -0.496 e. The lowest BCUT2D eigenvalue weighted by Crippen LogP contribution is -2.31. The third-order valence-electron chi connectivity index (χ3n) is 8.88. The standard InChI is InChI=1S/C38H40N4O6S/c1-26-10-3-6-15-36(26)49(45,46)41-37(43)28-17-16-27(35(23-28)47-2)22-29-25-42(21-9-12-30-11-7-8-20-39-30)34-19-18-31(24-33(29)34)40-38(44)48-32-13-4-5-14-32/h3,6-8,10-11,15-20,23-25,32H,4-5,9,12-14,21-22H2,1-2H3,(H,40,44)(H,41,43). The number of hydrogen-bond donors (Lipinski definition) is 2. The van der Waals surface area contributed by atoms with Gasteiger partial charge in [-0.05, 0) is 111 Å². The quantitative estimate of drug-likeness (QED) is 0.143. The molecule has 2 amide bonds. The van der Waals surface area contributed by atoms with Crippen LogP contribution in [-0.4, -0.2) is 43.2 Å². The maximum absolute atomic E-state index is 13.1. The number of nitrogens with one attached hydrogen (secondary N) is 2. The van der Waals surface area contributed by atoms with Crippen molar-refractivity contribution in [1.82, 2.24) is 14.3 Å². The molecule has 1 aliphatic rings. The molecule has 0 unspecified atom stereocenters. The van der Waals surface area contributed by atoms with Crippen LogP contribution in [0.5, 0.6) is 5.75 Å². The highest BCUT2D eigenvalue weighted by atomic mass is 32.2. The zero-order chi connectivity index (χ0) is 34.4. The van der Waals surface area contributed by atoms with E-state index in [0.717, 1.165) is 72.8 Å². The van der Waals surface area contributed by atoms with Crippen LogP contribution < -0.4 is 14.8 Å². The zero-order valence-corrected chi connectivity index (χ0v) is 28.5. The Labute approximate surface area is 286 Å². The van der Waals surface area contributed by atoms with Crippen molar-refractivity contribution < 1.29 is 27.5 Å². The number of aryl methyl sites for hydroxylation is 3. The highest BCUT2D eigenvalue weighted by Gasteiger charge is 2.22. The monoisotopic (exact) mass is 680 g/mol. The summed E-state index contributed by atoms with van der Waals surface area (Å²) in [6.07, 6.45) is 9.52. The van der Waals surface area contributed by atoms with E-state index in [1.807, 2.05) is 36.4 Å². The van der Waals surface area contributed by atoms with Crippen LogP contribution in [0.3, 0.4) is 0 Å². The Morgan fingerprint density at radius 1 is 0.959 bits per heavy atom. The molecule has 0 radical (unpaired) electrons. The molecule has 1 saturated carbocycles. The minimum absolute atomic E-state index is 0.0421. The minimum atomic E-state index is -4.07. The van der Waals surface area contributed by atoms with Gasteiger partial charge in [0.15, 0.2) is 0 Å². The smallest absolute Gasteiger partial charge is 0.411 e. The largest absolute Gasteiger partial charge is 0.496 e. The molecule has 2 heterocycles. The Morgan fingerprint density at radius 3 is 2.51 bits per heavy atom. The molecule has 3 aromatic carbocycles. The molecular weight excluding hydrogens is 641 g/mol. The van der Waals surface area contributed by atoms with Crippen LogP contribution in [0.2, 0.25) is 0 Å². The molecule has 0 bridgehead atoms. The van der Waals surface area contributed by atoms with E-state index in [1.54, 1.807) is 49.5 Å². The van der Waals surface area contributed by atoms with Gasteiger partial charge in [-0.2, -0.15) is 0 Å². The fourth-order valence-electron chi connectivity index (χ4n) is 6.39. The molecule has 10 nitrogen and oxygen atoms in total. The first kappa shape index (κ1) is 33.7. The van der Waals surface area contributed by atoms with E-state index in [2.05, 4.69) is 25.8 Å². The Kier molecular flexibility index (Phi) is 10.3. The number of amides is 2. The van der Waals surface area contributed by atoms with Crippen molar-refractivity contribution >= 4 is 38.6 Å². The molecule has 2 aromatic heterocycles. The lowest BCUT2D eigenvalue weighted by molar-refractivity contribution is 0.0980. The SMILES string of the molecule is COc1cc(C(=O)NS(=O)(=O)c2ccccc2C)ccc1Cc1cn(CCCc2ccccn2)c2ccc(NC(=O)OC3CCCC3)cc12. The number of sulfonamides is 1. The van der Waals surface area contributed by atoms with Gasteiger partial charge in [-0.3, -0.25) is 15.1 Å². The normalized spacial score (nSPS) is 13.3. The predicted octanol–water partition coefficient (Wildman–Crippen LogP) is 7.19. The predicted molar refractivity (Wildman–Crippen MR) is 188 cm³/mol. The number of nitrogens with zero attached hydrogens (tertiary/aromatic N) is 2. The average Bonchev–Trinajstić information content (AvgIpc) is 3.72.